The average Bonchev–Trinajstić information content (AvgIpc) is 3.23. The number of carbonyl (C=O) groups excluding carboxylic acids is 1. The number of likely N-dealkylation sites (tertiary alicyclic amines) is 1. The van der Waals surface area contributed by atoms with Gasteiger partial charge in [-0.3, -0.25) is 9.69 Å². The van der Waals surface area contributed by atoms with Crippen LogP contribution in [0, 0.1) is 5.92 Å². The Balaban J connectivity index is 1.96. The van der Waals surface area contributed by atoms with Crippen molar-refractivity contribution in [1.82, 2.24) is 20.4 Å². The Labute approximate surface area is 176 Å². The molecular formula is C23H39N5O. The number of guanidine groups is 1. The van der Waals surface area contributed by atoms with Crippen molar-refractivity contribution in [3.05, 3.63) is 35.4 Å². The molecule has 1 amide bonds. The molecule has 1 atom stereocenters. The number of rotatable bonds is 9. The van der Waals surface area contributed by atoms with E-state index in [1.807, 2.05) is 24.3 Å². The number of amides is 1. The summed E-state index contributed by atoms with van der Waals surface area (Å²) in [6.07, 6.45) is 3.83. The van der Waals surface area contributed by atoms with Gasteiger partial charge in [0.15, 0.2) is 5.96 Å². The SMILES string of the molecule is CCNC(=NCc1ccc(C(=O)N(C)C)cc1)NCC(CC(C)C)N1CCCC1. The van der Waals surface area contributed by atoms with Gasteiger partial charge in [0.05, 0.1) is 6.54 Å². The molecule has 0 bridgehead atoms. The number of nitrogens with one attached hydrogen (secondary N) is 2. The molecule has 1 saturated heterocycles. The van der Waals surface area contributed by atoms with Crippen LogP contribution in [-0.4, -0.2) is 68.0 Å². The largest absolute Gasteiger partial charge is 0.357 e. The summed E-state index contributed by atoms with van der Waals surface area (Å²) >= 11 is 0. The Kier molecular flexibility index (Phi) is 9.45. The maximum Gasteiger partial charge on any atom is 0.253 e. The lowest BCUT2D eigenvalue weighted by Gasteiger charge is -2.29. The molecule has 29 heavy (non-hydrogen) atoms. The fourth-order valence-electron chi connectivity index (χ4n) is 3.75. The Hall–Kier alpha value is -2.08. The molecule has 1 aromatic carbocycles. The standard InChI is InChI=1S/C23H39N5O/c1-6-24-23(26-17-21(15-18(2)3)28-13-7-8-14-28)25-16-19-9-11-20(12-10-19)22(29)27(4)5/h9-12,18,21H,6-8,13-17H2,1-5H3,(H2,24,25,26). The highest BCUT2D eigenvalue weighted by Gasteiger charge is 2.22. The van der Waals surface area contributed by atoms with Gasteiger partial charge in [-0.05, 0) is 62.9 Å². The molecule has 6 nitrogen and oxygen atoms in total. The van der Waals surface area contributed by atoms with E-state index in [0.717, 1.165) is 24.6 Å². The highest BCUT2D eigenvalue weighted by molar-refractivity contribution is 5.93. The minimum atomic E-state index is 0.0214. The second-order valence-corrected chi connectivity index (χ2v) is 8.50. The second kappa shape index (κ2) is 11.8. The summed E-state index contributed by atoms with van der Waals surface area (Å²) in [5.74, 6) is 1.56. The van der Waals surface area contributed by atoms with E-state index in [-0.39, 0.29) is 5.91 Å². The molecule has 1 heterocycles. The molecule has 1 aromatic rings. The Morgan fingerprint density at radius 1 is 1.14 bits per heavy atom. The van der Waals surface area contributed by atoms with Crippen LogP contribution in [0.15, 0.2) is 29.3 Å². The highest BCUT2D eigenvalue weighted by Crippen LogP contribution is 2.17. The van der Waals surface area contributed by atoms with Crippen LogP contribution in [0.2, 0.25) is 0 Å². The van der Waals surface area contributed by atoms with E-state index in [9.17, 15) is 4.79 Å². The molecule has 6 heteroatoms. The Morgan fingerprint density at radius 2 is 1.79 bits per heavy atom. The predicted octanol–water partition coefficient (Wildman–Crippen LogP) is 2.95. The molecular weight excluding hydrogens is 362 g/mol. The van der Waals surface area contributed by atoms with E-state index in [1.165, 1.54) is 32.4 Å². The second-order valence-electron chi connectivity index (χ2n) is 8.50. The van der Waals surface area contributed by atoms with Gasteiger partial charge >= 0.3 is 0 Å². The number of nitrogens with zero attached hydrogens (tertiary/aromatic N) is 3. The van der Waals surface area contributed by atoms with Crippen LogP contribution in [0.25, 0.3) is 0 Å². The van der Waals surface area contributed by atoms with Crippen LogP contribution in [0.3, 0.4) is 0 Å². The summed E-state index contributed by atoms with van der Waals surface area (Å²) in [7, 11) is 3.53. The number of carbonyl (C=O) groups is 1. The van der Waals surface area contributed by atoms with Crippen LogP contribution >= 0.6 is 0 Å². The van der Waals surface area contributed by atoms with Crippen LogP contribution in [0.1, 0.15) is 56.0 Å². The van der Waals surface area contributed by atoms with Crippen LogP contribution in [0.4, 0.5) is 0 Å². The minimum absolute atomic E-state index is 0.0214. The predicted molar refractivity (Wildman–Crippen MR) is 121 cm³/mol. The molecule has 0 aliphatic carbocycles. The fraction of sp³-hybridized carbons (Fsp3) is 0.652. The van der Waals surface area contributed by atoms with Crippen molar-refractivity contribution in [1.29, 1.82) is 0 Å². The summed E-state index contributed by atoms with van der Waals surface area (Å²) in [4.78, 5) is 21.0. The van der Waals surface area contributed by atoms with Crippen molar-refractivity contribution in [2.75, 3.05) is 40.3 Å². The van der Waals surface area contributed by atoms with E-state index >= 15 is 0 Å². The van der Waals surface area contributed by atoms with Gasteiger partial charge in [-0.15, -0.1) is 0 Å². The topological polar surface area (TPSA) is 60.0 Å². The lowest BCUT2D eigenvalue weighted by molar-refractivity contribution is 0.0827. The molecule has 0 spiro atoms. The zero-order valence-electron chi connectivity index (χ0n) is 18.9. The maximum absolute atomic E-state index is 12.0. The van der Waals surface area contributed by atoms with Gasteiger partial charge in [0.2, 0.25) is 0 Å². The van der Waals surface area contributed by atoms with Gasteiger partial charge in [-0.1, -0.05) is 26.0 Å². The first-order valence-corrected chi connectivity index (χ1v) is 11.0. The first-order valence-electron chi connectivity index (χ1n) is 11.0. The fourth-order valence-corrected chi connectivity index (χ4v) is 3.75. The molecule has 0 aromatic heterocycles. The summed E-state index contributed by atoms with van der Waals surface area (Å²) in [6, 6.07) is 8.27. The number of benzene rings is 1. The third kappa shape index (κ3) is 7.69. The van der Waals surface area contributed by atoms with Crippen molar-refractivity contribution in [2.24, 2.45) is 10.9 Å². The van der Waals surface area contributed by atoms with Gasteiger partial charge in [-0.25, -0.2) is 4.99 Å². The van der Waals surface area contributed by atoms with Crippen LogP contribution in [0.5, 0.6) is 0 Å². The van der Waals surface area contributed by atoms with Gasteiger partial charge in [-0.2, -0.15) is 0 Å². The number of hydrogen-bond donors (Lipinski definition) is 2. The molecule has 1 aliphatic rings. The van der Waals surface area contributed by atoms with Crippen molar-refractivity contribution < 1.29 is 4.79 Å². The zero-order valence-corrected chi connectivity index (χ0v) is 18.9. The molecule has 1 unspecified atom stereocenters. The van der Waals surface area contributed by atoms with Crippen molar-refractivity contribution in [3.63, 3.8) is 0 Å². The molecule has 162 valence electrons. The smallest absolute Gasteiger partial charge is 0.253 e. The van der Waals surface area contributed by atoms with E-state index in [1.54, 1.807) is 19.0 Å². The molecule has 1 aliphatic heterocycles. The van der Waals surface area contributed by atoms with Crippen molar-refractivity contribution in [3.8, 4) is 0 Å². The van der Waals surface area contributed by atoms with Gasteiger partial charge in [0.25, 0.3) is 5.91 Å². The quantitative estimate of drug-likeness (QED) is 0.493. The van der Waals surface area contributed by atoms with E-state index in [2.05, 4.69) is 36.3 Å². The molecule has 0 radical (unpaired) electrons. The highest BCUT2D eigenvalue weighted by atomic mass is 16.2. The molecule has 2 rings (SSSR count). The lowest BCUT2D eigenvalue weighted by Crippen LogP contribution is -2.47. The average molecular weight is 402 g/mol. The first kappa shape index (κ1) is 23.2. The first-order chi connectivity index (χ1) is 13.9. The number of hydrogen-bond acceptors (Lipinski definition) is 3. The van der Waals surface area contributed by atoms with E-state index < -0.39 is 0 Å². The Bertz CT molecular complexity index is 648. The summed E-state index contributed by atoms with van der Waals surface area (Å²) in [6.45, 7) is 11.5. The monoisotopic (exact) mass is 401 g/mol. The number of aliphatic imine (C=N–C) groups is 1. The molecule has 1 fully saturated rings. The maximum atomic E-state index is 12.0. The van der Waals surface area contributed by atoms with E-state index in [0.29, 0.717) is 24.1 Å². The lowest BCUT2D eigenvalue weighted by atomic mass is 10.0. The minimum Gasteiger partial charge on any atom is -0.357 e. The normalized spacial score (nSPS) is 16.1. The van der Waals surface area contributed by atoms with Crippen LogP contribution in [-0.2, 0) is 6.54 Å². The van der Waals surface area contributed by atoms with Crippen LogP contribution < -0.4 is 10.6 Å². The summed E-state index contributed by atoms with van der Waals surface area (Å²) in [5, 5.41) is 6.91. The van der Waals surface area contributed by atoms with Gasteiger partial charge in [0, 0.05) is 38.8 Å². The van der Waals surface area contributed by atoms with Crippen molar-refractivity contribution in [2.45, 2.75) is 52.6 Å². The zero-order chi connectivity index (χ0) is 21.2. The van der Waals surface area contributed by atoms with E-state index in [4.69, 9.17) is 4.99 Å². The molecule has 0 saturated carbocycles. The van der Waals surface area contributed by atoms with Gasteiger partial charge < -0.3 is 15.5 Å². The van der Waals surface area contributed by atoms with Gasteiger partial charge in [0.1, 0.15) is 0 Å². The third-order valence-electron chi connectivity index (χ3n) is 5.28. The summed E-state index contributed by atoms with van der Waals surface area (Å²) in [5.41, 5.74) is 1.80. The molecule has 2 N–H and O–H groups in total. The summed E-state index contributed by atoms with van der Waals surface area (Å²) < 4.78 is 0. The third-order valence-corrected chi connectivity index (χ3v) is 5.28. The Morgan fingerprint density at radius 3 is 2.34 bits per heavy atom. The van der Waals surface area contributed by atoms with Crippen molar-refractivity contribution >= 4 is 11.9 Å².